The molecule has 7 nitrogen and oxygen atoms in total. The van der Waals surface area contributed by atoms with Gasteiger partial charge in [0.25, 0.3) is 11.6 Å². The third-order valence-corrected chi connectivity index (χ3v) is 4.85. The second kappa shape index (κ2) is 8.56. The van der Waals surface area contributed by atoms with Gasteiger partial charge >= 0.3 is 12.4 Å². The summed E-state index contributed by atoms with van der Waals surface area (Å²) in [5.74, 6) is -0.962. The summed E-state index contributed by atoms with van der Waals surface area (Å²) in [6.07, 6.45) is -10.2. The highest BCUT2D eigenvalue weighted by Gasteiger charge is 2.42. The van der Waals surface area contributed by atoms with Crippen LogP contribution in [0.25, 0.3) is 5.69 Å². The first-order valence-corrected chi connectivity index (χ1v) is 9.24. The first-order valence-electron chi connectivity index (χ1n) is 8.48. The molecule has 0 unspecified atom stereocenters. The van der Waals surface area contributed by atoms with Crippen molar-refractivity contribution in [1.82, 2.24) is 9.78 Å². The van der Waals surface area contributed by atoms with E-state index < -0.39 is 50.8 Å². The van der Waals surface area contributed by atoms with Crippen LogP contribution in [0.4, 0.5) is 37.7 Å². The number of hydrogen-bond donors (Lipinski definition) is 1. The number of aromatic nitrogens is 2. The summed E-state index contributed by atoms with van der Waals surface area (Å²) in [5.41, 5.74) is -4.77. The minimum absolute atomic E-state index is 0.0147. The Morgan fingerprint density at radius 1 is 1.00 bits per heavy atom. The van der Waals surface area contributed by atoms with Crippen LogP contribution in [-0.4, -0.2) is 20.6 Å². The molecule has 15 heteroatoms. The van der Waals surface area contributed by atoms with E-state index in [1.165, 1.54) is 0 Å². The van der Waals surface area contributed by atoms with Crippen LogP contribution in [-0.2, 0) is 12.4 Å². The number of nitrogens with one attached hydrogen (secondary N) is 1. The van der Waals surface area contributed by atoms with Gasteiger partial charge in [0.2, 0.25) is 0 Å². The van der Waals surface area contributed by atoms with E-state index in [4.69, 9.17) is 23.2 Å². The topological polar surface area (TPSA) is 90.1 Å². The Bertz CT molecular complexity index is 1240. The lowest BCUT2D eigenvalue weighted by atomic mass is 10.1. The minimum Gasteiger partial charge on any atom is -0.322 e. The number of amides is 1. The highest BCUT2D eigenvalue weighted by molar-refractivity contribution is 6.41. The predicted molar refractivity (Wildman–Crippen MR) is 105 cm³/mol. The smallest absolute Gasteiger partial charge is 0.322 e. The molecular weight excluding hydrogens is 505 g/mol. The predicted octanol–water partition coefficient (Wildman–Crippen LogP) is 6.38. The maximum Gasteiger partial charge on any atom is 0.435 e. The van der Waals surface area contributed by atoms with Crippen LogP contribution in [0, 0.1) is 10.1 Å². The number of rotatable bonds is 4. The van der Waals surface area contributed by atoms with Crippen LogP contribution in [0.3, 0.4) is 0 Å². The number of anilines is 1. The van der Waals surface area contributed by atoms with E-state index in [9.17, 15) is 41.3 Å². The van der Waals surface area contributed by atoms with Gasteiger partial charge in [0.05, 0.1) is 21.2 Å². The summed E-state index contributed by atoms with van der Waals surface area (Å²) >= 11 is 11.8. The van der Waals surface area contributed by atoms with Gasteiger partial charge in [-0.2, -0.15) is 31.4 Å². The van der Waals surface area contributed by atoms with E-state index in [1.807, 2.05) is 0 Å². The van der Waals surface area contributed by atoms with Gasteiger partial charge in [-0.3, -0.25) is 14.9 Å². The number of nitro benzene ring substituents is 1. The third-order valence-electron chi connectivity index (χ3n) is 4.15. The zero-order chi connectivity index (χ0) is 24.7. The molecule has 0 spiro atoms. The number of carbonyl (C=O) groups is 1. The van der Waals surface area contributed by atoms with Crippen molar-refractivity contribution in [1.29, 1.82) is 0 Å². The Morgan fingerprint density at radius 2 is 1.61 bits per heavy atom. The Morgan fingerprint density at radius 3 is 2.12 bits per heavy atom. The lowest BCUT2D eigenvalue weighted by Crippen LogP contribution is -2.15. The maximum atomic E-state index is 13.2. The molecule has 0 aliphatic carbocycles. The number of halogens is 8. The molecule has 0 atom stereocenters. The molecule has 0 saturated heterocycles. The zero-order valence-corrected chi connectivity index (χ0v) is 17.1. The fraction of sp³-hybridized carbons (Fsp3) is 0.111. The lowest BCUT2D eigenvalue weighted by molar-refractivity contribution is -0.384. The summed E-state index contributed by atoms with van der Waals surface area (Å²) < 4.78 is 78.1. The van der Waals surface area contributed by atoms with E-state index >= 15 is 0 Å². The first kappa shape index (κ1) is 24.3. The average molecular weight is 513 g/mol. The lowest BCUT2D eigenvalue weighted by Gasteiger charge is -2.12. The molecule has 0 saturated carbocycles. The number of alkyl halides is 6. The van der Waals surface area contributed by atoms with Crippen molar-refractivity contribution in [2.75, 3.05) is 5.32 Å². The van der Waals surface area contributed by atoms with Crippen molar-refractivity contribution in [2.45, 2.75) is 12.4 Å². The number of nitrogens with zero attached hydrogens (tertiary/aromatic N) is 3. The van der Waals surface area contributed by atoms with Gasteiger partial charge in [0.15, 0.2) is 5.69 Å². The number of hydrogen-bond acceptors (Lipinski definition) is 4. The third kappa shape index (κ3) is 5.03. The molecule has 0 radical (unpaired) electrons. The summed E-state index contributed by atoms with van der Waals surface area (Å²) in [4.78, 5) is 22.6. The molecule has 1 heterocycles. The summed E-state index contributed by atoms with van der Waals surface area (Å²) in [7, 11) is 0. The van der Waals surface area contributed by atoms with Crippen molar-refractivity contribution in [3.63, 3.8) is 0 Å². The normalized spacial score (nSPS) is 12.0. The Balaban J connectivity index is 1.93. The molecule has 1 amide bonds. The van der Waals surface area contributed by atoms with Gasteiger partial charge in [-0.15, -0.1) is 0 Å². The van der Waals surface area contributed by atoms with Crippen molar-refractivity contribution in [3.8, 4) is 5.69 Å². The Hall–Kier alpha value is -3.32. The van der Waals surface area contributed by atoms with Crippen molar-refractivity contribution in [2.24, 2.45) is 0 Å². The SMILES string of the molecule is O=C(Nc1ccc(-n2nc(C(F)(F)F)cc2C(F)(F)F)cc1)c1c(Cl)ccc([N+](=O)[O-])c1Cl. The van der Waals surface area contributed by atoms with Gasteiger partial charge < -0.3 is 5.32 Å². The Kier molecular flexibility index (Phi) is 6.31. The molecule has 174 valence electrons. The van der Waals surface area contributed by atoms with Gasteiger partial charge in [-0.05, 0) is 30.3 Å². The van der Waals surface area contributed by atoms with E-state index in [2.05, 4.69) is 10.4 Å². The molecule has 0 aliphatic rings. The quantitative estimate of drug-likeness (QED) is 0.249. The molecule has 2 aromatic carbocycles. The van der Waals surface area contributed by atoms with E-state index in [-0.39, 0.29) is 27.1 Å². The number of carbonyl (C=O) groups excluding carboxylic acids is 1. The van der Waals surface area contributed by atoms with Crippen LogP contribution in [0.5, 0.6) is 0 Å². The van der Waals surface area contributed by atoms with Crippen LogP contribution in [0.15, 0.2) is 42.5 Å². The summed E-state index contributed by atoms with van der Waals surface area (Å²) in [6.45, 7) is 0. The monoisotopic (exact) mass is 512 g/mol. The van der Waals surface area contributed by atoms with Gasteiger partial charge in [0, 0.05) is 17.8 Å². The summed E-state index contributed by atoms with van der Waals surface area (Å²) in [6, 6.07) is 6.08. The number of benzene rings is 2. The molecule has 0 bridgehead atoms. The van der Waals surface area contributed by atoms with Crippen molar-refractivity contribution in [3.05, 3.63) is 79.6 Å². The molecular formula is C18H8Cl2F6N4O3. The van der Waals surface area contributed by atoms with Gasteiger partial charge in [0.1, 0.15) is 10.7 Å². The van der Waals surface area contributed by atoms with Crippen molar-refractivity contribution < 1.29 is 36.1 Å². The molecule has 0 fully saturated rings. The first-order chi connectivity index (χ1) is 15.2. The standard InChI is InChI=1S/C18H8Cl2F6N4O3/c19-10-5-6-11(30(32)33)15(20)14(10)16(31)27-8-1-3-9(4-2-8)29-13(18(24,25)26)7-12(28-29)17(21,22)23/h1-7H,(H,27,31). The van der Waals surface area contributed by atoms with Crippen LogP contribution < -0.4 is 5.32 Å². The fourth-order valence-electron chi connectivity index (χ4n) is 2.69. The summed E-state index contributed by atoms with van der Waals surface area (Å²) in [5, 5.41) is 15.5. The highest BCUT2D eigenvalue weighted by Crippen LogP contribution is 2.37. The van der Waals surface area contributed by atoms with Crippen LogP contribution >= 0.6 is 23.2 Å². The Labute approximate surface area is 189 Å². The van der Waals surface area contributed by atoms with Crippen molar-refractivity contribution >= 4 is 40.5 Å². The largest absolute Gasteiger partial charge is 0.435 e. The average Bonchev–Trinajstić information content (AvgIpc) is 3.15. The van der Waals surface area contributed by atoms with Gasteiger partial charge in [-0.1, -0.05) is 23.2 Å². The molecule has 0 aliphatic heterocycles. The van der Waals surface area contributed by atoms with E-state index in [1.54, 1.807) is 0 Å². The van der Waals surface area contributed by atoms with Crippen LogP contribution in [0.2, 0.25) is 10.0 Å². The van der Waals surface area contributed by atoms with Gasteiger partial charge in [-0.25, -0.2) is 4.68 Å². The highest BCUT2D eigenvalue weighted by atomic mass is 35.5. The second-order valence-electron chi connectivity index (χ2n) is 6.34. The van der Waals surface area contributed by atoms with Crippen LogP contribution in [0.1, 0.15) is 21.7 Å². The molecule has 33 heavy (non-hydrogen) atoms. The fourth-order valence-corrected chi connectivity index (χ4v) is 3.30. The zero-order valence-electron chi connectivity index (χ0n) is 15.6. The molecule has 1 N–H and O–H groups in total. The number of nitro groups is 1. The molecule has 3 aromatic rings. The maximum absolute atomic E-state index is 13.2. The van der Waals surface area contributed by atoms with E-state index in [0.29, 0.717) is 0 Å². The molecule has 1 aromatic heterocycles. The molecule has 3 rings (SSSR count). The second-order valence-corrected chi connectivity index (χ2v) is 7.12. The minimum atomic E-state index is -5.13. The van der Waals surface area contributed by atoms with E-state index in [0.717, 1.165) is 36.4 Å².